The third kappa shape index (κ3) is 4.80. The summed E-state index contributed by atoms with van der Waals surface area (Å²) in [5.41, 5.74) is 1.11. The van der Waals surface area contributed by atoms with E-state index in [1.165, 1.54) is 0 Å². The molecule has 0 radical (unpaired) electrons. The Balaban J connectivity index is 1.70. The number of nitrogens with one attached hydrogen (secondary N) is 1. The first-order chi connectivity index (χ1) is 10.6. The van der Waals surface area contributed by atoms with Crippen LogP contribution in [0, 0.1) is 13.8 Å². The second-order valence-electron chi connectivity index (χ2n) is 4.94. The standard InChI is InChI=1S/C16H20N2O3S/c1-11-6-4-5-7-14(11)20-8-9-22-13(3)16(19)17-15-10-12(2)21-18-15/h4-7,10,13H,8-9H2,1-3H3,(H,17,18,19). The van der Waals surface area contributed by atoms with Crippen LogP contribution in [-0.2, 0) is 4.79 Å². The number of carbonyl (C=O) groups excluding carboxylic acids is 1. The van der Waals surface area contributed by atoms with Crippen molar-refractivity contribution in [3.05, 3.63) is 41.7 Å². The minimum Gasteiger partial charge on any atom is -0.492 e. The lowest BCUT2D eigenvalue weighted by Crippen LogP contribution is -2.23. The molecule has 0 fully saturated rings. The van der Waals surface area contributed by atoms with Crippen LogP contribution in [0.2, 0.25) is 0 Å². The van der Waals surface area contributed by atoms with Crippen molar-refractivity contribution in [1.29, 1.82) is 0 Å². The van der Waals surface area contributed by atoms with Crippen LogP contribution < -0.4 is 10.1 Å². The van der Waals surface area contributed by atoms with Gasteiger partial charge in [-0.2, -0.15) is 0 Å². The largest absolute Gasteiger partial charge is 0.492 e. The van der Waals surface area contributed by atoms with Crippen LogP contribution >= 0.6 is 11.8 Å². The van der Waals surface area contributed by atoms with Crippen molar-refractivity contribution in [3.8, 4) is 5.75 Å². The number of carbonyl (C=O) groups is 1. The maximum absolute atomic E-state index is 12.0. The Labute approximate surface area is 134 Å². The van der Waals surface area contributed by atoms with Gasteiger partial charge in [0.2, 0.25) is 5.91 Å². The number of amides is 1. The van der Waals surface area contributed by atoms with E-state index in [9.17, 15) is 4.79 Å². The van der Waals surface area contributed by atoms with Gasteiger partial charge in [0.25, 0.3) is 0 Å². The third-order valence-corrected chi connectivity index (χ3v) is 4.17. The minimum atomic E-state index is -0.183. The summed E-state index contributed by atoms with van der Waals surface area (Å²) in [7, 11) is 0. The topological polar surface area (TPSA) is 64.4 Å². The predicted octanol–water partition coefficient (Wildman–Crippen LogP) is 3.43. The fourth-order valence-electron chi connectivity index (χ4n) is 1.82. The van der Waals surface area contributed by atoms with E-state index < -0.39 is 0 Å². The summed E-state index contributed by atoms with van der Waals surface area (Å²) in [5.74, 6) is 2.65. The van der Waals surface area contributed by atoms with Gasteiger partial charge in [0.15, 0.2) is 5.82 Å². The zero-order chi connectivity index (χ0) is 15.9. The Hall–Kier alpha value is -1.95. The molecule has 0 aliphatic carbocycles. The summed E-state index contributed by atoms with van der Waals surface area (Å²) in [6.45, 7) is 6.22. The van der Waals surface area contributed by atoms with Gasteiger partial charge in [0.05, 0.1) is 11.9 Å². The minimum absolute atomic E-state index is 0.0887. The zero-order valence-corrected chi connectivity index (χ0v) is 13.8. The molecule has 0 aliphatic heterocycles. The molecule has 0 saturated carbocycles. The molecule has 1 heterocycles. The summed E-state index contributed by atoms with van der Waals surface area (Å²) in [5, 5.41) is 6.28. The van der Waals surface area contributed by atoms with Gasteiger partial charge in [0, 0.05) is 11.8 Å². The highest BCUT2D eigenvalue weighted by atomic mass is 32.2. The molecule has 118 valence electrons. The van der Waals surface area contributed by atoms with Crippen LogP contribution in [0.25, 0.3) is 0 Å². The smallest absolute Gasteiger partial charge is 0.238 e. The fraction of sp³-hybridized carbons (Fsp3) is 0.375. The Morgan fingerprint density at radius 1 is 1.41 bits per heavy atom. The Morgan fingerprint density at radius 3 is 2.86 bits per heavy atom. The SMILES string of the molecule is Cc1cc(NC(=O)C(C)SCCOc2ccccc2C)no1. The fourth-order valence-corrected chi connectivity index (χ4v) is 2.57. The number of nitrogens with zero attached hydrogens (tertiary/aromatic N) is 1. The first kappa shape index (κ1) is 16.4. The zero-order valence-electron chi connectivity index (χ0n) is 13.0. The van der Waals surface area contributed by atoms with E-state index in [0.29, 0.717) is 18.2 Å². The Bertz CT molecular complexity index is 627. The van der Waals surface area contributed by atoms with Crippen LogP contribution in [0.1, 0.15) is 18.2 Å². The quantitative estimate of drug-likeness (QED) is 0.792. The first-order valence-electron chi connectivity index (χ1n) is 7.10. The summed E-state index contributed by atoms with van der Waals surface area (Å²) in [4.78, 5) is 12.0. The second kappa shape index (κ2) is 7.89. The first-order valence-corrected chi connectivity index (χ1v) is 8.15. The van der Waals surface area contributed by atoms with Gasteiger partial charge in [-0.1, -0.05) is 23.4 Å². The molecule has 1 N–H and O–H groups in total. The molecule has 1 amide bonds. The molecule has 0 bridgehead atoms. The number of benzene rings is 1. The third-order valence-electron chi connectivity index (χ3n) is 3.05. The summed E-state index contributed by atoms with van der Waals surface area (Å²) < 4.78 is 10.6. The maximum Gasteiger partial charge on any atom is 0.238 e. The van der Waals surface area contributed by atoms with Crippen molar-refractivity contribution in [2.75, 3.05) is 17.7 Å². The van der Waals surface area contributed by atoms with E-state index in [1.54, 1.807) is 24.8 Å². The lowest BCUT2D eigenvalue weighted by atomic mass is 10.2. The van der Waals surface area contributed by atoms with Crippen molar-refractivity contribution in [1.82, 2.24) is 5.16 Å². The van der Waals surface area contributed by atoms with Crippen LogP contribution in [-0.4, -0.2) is 28.7 Å². The van der Waals surface area contributed by atoms with E-state index >= 15 is 0 Å². The van der Waals surface area contributed by atoms with Crippen molar-refractivity contribution < 1.29 is 14.1 Å². The van der Waals surface area contributed by atoms with Crippen LogP contribution in [0.3, 0.4) is 0 Å². The predicted molar refractivity (Wildman–Crippen MR) is 88.5 cm³/mol. The number of thioether (sulfide) groups is 1. The number of rotatable bonds is 7. The van der Waals surface area contributed by atoms with E-state index in [4.69, 9.17) is 9.26 Å². The van der Waals surface area contributed by atoms with Gasteiger partial charge in [-0.25, -0.2) is 0 Å². The monoisotopic (exact) mass is 320 g/mol. The summed E-state index contributed by atoms with van der Waals surface area (Å²) >= 11 is 1.54. The van der Waals surface area contributed by atoms with Crippen LogP contribution in [0.4, 0.5) is 5.82 Å². The molecular weight excluding hydrogens is 300 g/mol. The Kier molecular flexibility index (Phi) is 5.89. The molecule has 1 aromatic carbocycles. The van der Waals surface area contributed by atoms with E-state index in [1.807, 2.05) is 38.1 Å². The van der Waals surface area contributed by atoms with E-state index in [0.717, 1.165) is 17.1 Å². The van der Waals surface area contributed by atoms with Gasteiger partial charge in [-0.15, -0.1) is 11.8 Å². The highest BCUT2D eigenvalue weighted by Gasteiger charge is 2.15. The number of aryl methyl sites for hydroxylation is 2. The number of hydrogen-bond donors (Lipinski definition) is 1. The van der Waals surface area contributed by atoms with E-state index in [2.05, 4.69) is 10.5 Å². The molecule has 1 atom stereocenters. The normalized spacial score (nSPS) is 12.0. The number of ether oxygens (including phenoxy) is 1. The van der Waals surface area contributed by atoms with Crippen molar-refractivity contribution >= 4 is 23.5 Å². The molecule has 0 saturated heterocycles. The highest BCUT2D eigenvalue weighted by molar-refractivity contribution is 8.00. The molecule has 1 unspecified atom stereocenters. The number of para-hydroxylation sites is 1. The average Bonchev–Trinajstić information content (AvgIpc) is 2.90. The molecule has 6 heteroatoms. The summed E-state index contributed by atoms with van der Waals surface area (Å²) in [6.07, 6.45) is 0. The summed E-state index contributed by atoms with van der Waals surface area (Å²) in [6, 6.07) is 9.58. The van der Waals surface area contributed by atoms with Gasteiger partial charge < -0.3 is 14.6 Å². The lowest BCUT2D eigenvalue weighted by Gasteiger charge is -2.12. The molecule has 1 aromatic heterocycles. The van der Waals surface area contributed by atoms with Gasteiger partial charge in [-0.05, 0) is 32.4 Å². The van der Waals surface area contributed by atoms with Crippen molar-refractivity contribution in [2.45, 2.75) is 26.0 Å². The molecule has 22 heavy (non-hydrogen) atoms. The molecular formula is C16H20N2O3S. The highest BCUT2D eigenvalue weighted by Crippen LogP contribution is 2.18. The molecule has 5 nitrogen and oxygen atoms in total. The Morgan fingerprint density at radius 2 is 2.18 bits per heavy atom. The average molecular weight is 320 g/mol. The van der Waals surface area contributed by atoms with Crippen LogP contribution in [0.15, 0.2) is 34.9 Å². The molecule has 2 aromatic rings. The molecule has 2 rings (SSSR count). The number of anilines is 1. The van der Waals surface area contributed by atoms with Gasteiger partial charge in [-0.3, -0.25) is 4.79 Å². The van der Waals surface area contributed by atoms with Crippen LogP contribution in [0.5, 0.6) is 5.75 Å². The van der Waals surface area contributed by atoms with Gasteiger partial charge in [0.1, 0.15) is 11.5 Å². The number of aromatic nitrogens is 1. The molecule has 0 aliphatic rings. The van der Waals surface area contributed by atoms with Gasteiger partial charge >= 0.3 is 0 Å². The molecule has 0 spiro atoms. The second-order valence-corrected chi connectivity index (χ2v) is 6.39. The van der Waals surface area contributed by atoms with Crippen molar-refractivity contribution in [3.63, 3.8) is 0 Å². The van der Waals surface area contributed by atoms with Crippen molar-refractivity contribution in [2.24, 2.45) is 0 Å². The maximum atomic E-state index is 12.0. The number of hydrogen-bond acceptors (Lipinski definition) is 5. The van der Waals surface area contributed by atoms with E-state index in [-0.39, 0.29) is 11.2 Å². The lowest BCUT2D eigenvalue weighted by molar-refractivity contribution is -0.115.